The van der Waals surface area contributed by atoms with Crippen molar-refractivity contribution in [2.45, 2.75) is 26.3 Å². The quantitative estimate of drug-likeness (QED) is 0.781. The van der Waals surface area contributed by atoms with Gasteiger partial charge in [0.1, 0.15) is 11.4 Å². The molecule has 1 amide bonds. The predicted molar refractivity (Wildman–Crippen MR) is 70.2 cm³/mol. The molecular weight excluding hydrogens is 230 g/mol. The number of likely N-dealkylation sites (N-methyl/N-ethyl adjacent to an activating group) is 1. The summed E-state index contributed by atoms with van der Waals surface area (Å²) in [5.41, 5.74) is 5.95. The Balaban J connectivity index is 2.44. The summed E-state index contributed by atoms with van der Waals surface area (Å²) in [5, 5.41) is 0. The fraction of sp³-hybridized carbons (Fsp3) is 0.583. The van der Waals surface area contributed by atoms with E-state index >= 15 is 0 Å². The minimum Gasteiger partial charge on any atom is -0.368 e. The second-order valence-corrected chi connectivity index (χ2v) is 5.17. The first-order valence-corrected chi connectivity index (χ1v) is 5.96. The number of anilines is 2. The van der Waals surface area contributed by atoms with E-state index in [1.807, 2.05) is 32.7 Å². The minimum atomic E-state index is -0.613. The first-order chi connectivity index (χ1) is 8.34. The van der Waals surface area contributed by atoms with E-state index in [0.717, 1.165) is 17.9 Å². The monoisotopic (exact) mass is 249 g/mol. The summed E-state index contributed by atoms with van der Waals surface area (Å²) < 4.78 is 0. The Hall–Kier alpha value is -1.85. The highest BCUT2D eigenvalue weighted by molar-refractivity contribution is 5.90. The molecule has 0 spiro atoms. The highest BCUT2D eigenvalue weighted by atomic mass is 16.2. The third-order valence-corrected chi connectivity index (χ3v) is 3.42. The second-order valence-electron chi connectivity index (χ2n) is 5.17. The van der Waals surface area contributed by atoms with E-state index in [0.29, 0.717) is 6.54 Å². The highest BCUT2D eigenvalue weighted by Crippen LogP contribution is 2.29. The maximum atomic E-state index is 12.2. The number of piperazine rings is 1. The van der Waals surface area contributed by atoms with E-state index < -0.39 is 5.54 Å². The number of carbonyl (C=O) groups excluding carboxylic acids is 1. The summed E-state index contributed by atoms with van der Waals surface area (Å²) >= 11 is 0. The summed E-state index contributed by atoms with van der Waals surface area (Å²) in [7, 11) is 1.82. The molecule has 0 radical (unpaired) electrons. The van der Waals surface area contributed by atoms with Gasteiger partial charge < -0.3 is 15.5 Å². The van der Waals surface area contributed by atoms with Crippen molar-refractivity contribution in [2.24, 2.45) is 0 Å². The van der Waals surface area contributed by atoms with Crippen LogP contribution in [0.5, 0.6) is 0 Å². The van der Waals surface area contributed by atoms with E-state index in [1.165, 1.54) is 0 Å². The molecule has 6 heteroatoms. The molecule has 0 unspecified atom stereocenters. The van der Waals surface area contributed by atoms with Crippen LogP contribution in [0.25, 0.3) is 0 Å². The van der Waals surface area contributed by atoms with E-state index in [-0.39, 0.29) is 11.9 Å². The van der Waals surface area contributed by atoms with Crippen molar-refractivity contribution in [2.75, 3.05) is 30.8 Å². The maximum absolute atomic E-state index is 12.2. The molecule has 2 N–H and O–H groups in total. The number of nitrogens with zero attached hydrogens (tertiary/aromatic N) is 4. The van der Waals surface area contributed by atoms with E-state index in [9.17, 15) is 4.79 Å². The summed E-state index contributed by atoms with van der Waals surface area (Å²) in [4.78, 5) is 24.2. The van der Waals surface area contributed by atoms with Gasteiger partial charge in [0, 0.05) is 31.9 Å². The zero-order valence-electron chi connectivity index (χ0n) is 11.3. The van der Waals surface area contributed by atoms with Gasteiger partial charge >= 0.3 is 0 Å². The average Bonchev–Trinajstić information content (AvgIpc) is 2.30. The van der Waals surface area contributed by atoms with Gasteiger partial charge in [0.05, 0.1) is 0 Å². The van der Waals surface area contributed by atoms with Crippen LogP contribution >= 0.6 is 0 Å². The smallest absolute Gasteiger partial charge is 0.247 e. The van der Waals surface area contributed by atoms with Gasteiger partial charge in [0.15, 0.2) is 0 Å². The highest BCUT2D eigenvalue weighted by Gasteiger charge is 2.41. The number of amides is 1. The molecule has 2 rings (SSSR count). The standard InChI is InChI=1S/C12H19N5O/c1-8-7-14-11(13)15-9(8)17-6-5-16(4)10(18)12(17,2)3/h7H,5-6H2,1-4H3,(H2,13,14,15). The van der Waals surface area contributed by atoms with Crippen molar-refractivity contribution in [3.8, 4) is 0 Å². The van der Waals surface area contributed by atoms with Gasteiger partial charge in [-0.3, -0.25) is 4.79 Å². The van der Waals surface area contributed by atoms with Gasteiger partial charge in [-0.05, 0) is 20.8 Å². The van der Waals surface area contributed by atoms with Crippen LogP contribution in [0.3, 0.4) is 0 Å². The SMILES string of the molecule is Cc1cnc(N)nc1N1CCN(C)C(=O)C1(C)C. The van der Waals surface area contributed by atoms with E-state index in [2.05, 4.69) is 9.97 Å². The molecule has 6 nitrogen and oxygen atoms in total. The van der Waals surface area contributed by atoms with Crippen LogP contribution in [0.1, 0.15) is 19.4 Å². The average molecular weight is 249 g/mol. The first kappa shape index (κ1) is 12.6. The topological polar surface area (TPSA) is 75.3 Å². The van der Waals surface area contributed by atoms with E-state index in [1.54, 1.807) is 11.1 Å². The fourth-order valence-electron chi connectivity index (χ4n) is 2.30. The molecule has 98 valence electrons. The third-order valence-electron chi connectivity index (χ3n) is 3.42. The molecule has 1 fully saturated rings. The lowest BCUT2D eigenvalue weighted by Gasteiger charge is -2.45. The van der Waals surface area contributed by atoms with Gasteiger partial charge in [0.2, 0.25) is 11.9 Å². The molecule has 1 aromatic rings. The zero-order chi connectivity index (χ0) is 13.5. The molecular formula is C12H19N5O. The van der Waals surface area contributed by atoms with Crippen LogP contribution in [0.2, 0.25) is 0 Å². The van der Waals surface area contributed by atoms with Crippen molar-refractivity contribution in [3.05, 3.63) is 11.8 Å². The number of aromatic nitrogens is 2. The van der Waals surface area contributed by atoms with Crippen molar-refractivity contribution < 1.29 is 4.79 Å². The first-order valence-electron chi connectivity index (χ1n) is 5.96. The molecule has 18 heavy (non-hydrogen) atoms. The lowest BCUT2D eigenvalue weighted by Crippen LogP contribution is -2.62. The van der Waals surface area contributed by atoms with Gasteiger partial charge in [-0.1, -0.05) is 0 Å². The number of rotatable bonds is 1. The molecule has 1 saturated heterocycles. The molecule has 0 aromatic carbocycles. The number of hydrogen-bond acceptors (Lipinski definition) is 5. The molecule has 1 aliphatic rings. The lowest BCUT2D eigenvalue weighted by molar-refractivity contribution is -0.136. The Bertz CT molecular complexity index is 485. The normalized spacial score (nSPS) is 19.2. The maximum Gasteiger partial charge on any atom is 0.247 e. The van der Waals surface area contributed by atoms with Crippen molar-refractivity contribution in [3.63, 3.8) is 0 Å². The number of carbonyl (C=O) groups is 1. The molecule has 0 saturated carbocycles. The Labute approximate surface area is 107 Å². The molecule has 0 atom stereocenters. The summed E-state index contributed by atoms with van der Waals surface area (Å²) in [6, 6.07) is 0. The van der Waals surface area contributed by atoms with Crippen LogP contribution in [0, 0.1) is 6.92 Å². The van der Waals surface area contributed by atoms with Crippen LogP contribution in [-0.4, -0.2) is 46.5 Å². The number of nitrogen functional groups attached to an aromatic ring is 1. The molecule has 0 aliphatic carbocycles. The van der Waals surface area contributed by atoms with Gasteiger partial charge in [-0.2, -0.15) is 4.98 Å². The summed E-state index contributed by atoms with van der Waals surface area (Å²) in [6.45, 7) is 7.16. The Kier molecular flexibility index (Phi) is 2.88. The largest absolute Gasteiger partial charge is 0.368 e. The lowest BCUT2D eigenvalue weighted by atomic mass is 9.97. The van der Waals surface area contributed by atoms with Crippen molar-refractivity contribution in [1.29, 1.82) is 0 Å². The van der Waals surface area contributed by atoms with Gasteiger partial charge in [-0.15, -0.1) is 0 Å². The van der Waals surface area contributed by atoms with Crippen molar-refractivity contribution >= 4 is 17.7 Å². The number of aryl methyl sites for hydroxylation is 1. The minimum absolute atomic E-state index is 0.0883. The molecule has 1 aromatic heterocycles. The summed E-state index contributed by atoms with van der Waals surface area (Å²) in [6.07, 6.45) is 1.69. The predicted octanol–water partition coefficient (Wildman–Crippen LogP) is 0.424. The Morgan fingerprint density at radius 3 is 2.72 bits per heavy atom. The Morgan fingerprint density at radius 1 is 1.39 bits per heavy atom. The van der Waals surface area contributed by atoms with Crippen LogP contribution in [-0.2, 0) is 4.79 Å². The third kappa shape index (κ3) is 1.87. The zero-order valence-corrected chi connectivity index (χ0v) is 11.3. The number of hydrogen-bond donors (Lipinski definition) is 1. The number of nitrogens with two attached hydrogens (primary N) is 1. The summed E-state index contributed by atoms with van der Waals surface area (Å²) in [5.74, 6) is 1.07. The Morgan fingerprint density at radius 2 is 2.06 bits per heavy atom. The molecule has 1 aliphatic heterocycles. The second kappa shape index (κ2) is 4.12. The van der Waals surface area contributed by atoms with Crippen LogP contribution in [0.15, 0.2) is 6.20 Å². The molecule has 0 bridgehead atoms. The molecule has 2 heterocycles. The van der Waals surface area contributed by atoms with Crippen LogP contribution < -0.4 is 10.6 Å². The van der Waals surface area contributed by atoms with Gasteiger partial charge in [-0.25, -0.2) is 4.98 Å². The fourth-order valence-corrected chi connectivity index (χ4v) is 2.30. The van der Waals surface area contributed by atoms with Crippen LogP contribution in [0.4, 0.5) is 11.8 Å². The van der Waals surface area contributed by atoms with Gasteiger partial charge in [0.25, 0.3) is 0 Å². The van der Waals surface area contributed by atoms with Crippen molar-refractivity contribution in [1.82, 2.24) is 14.9 Å². The van der Waals surface area contributed by atoms with E-state index in [4.69, 9.17) is 5.73 Å².